The van der Waals surface area contributed by atoms with Gasteiger partial charge in [0.25, 0.3) is 0 Å². The Morgan fingerprint density at radius 1 is 1.50 bits per heavy atom. The molecular formula is C9H13FN2OS. The van der Waals surface area contributed by atoms with Crippen LogP contribution in [0.2, 0.25) is 0 Å². The fourth-order valence-electron chi connectivity index (χ4n) is 0.969. The molecule has 78 valence electrons. The minimum atomic E-state index is -0.330. The van der Waals surface area contributed by atoms with E-state index in [2.05, 4.69) is 17.5 Å². The van der Waals surface area contributed by atoms with Gasteiger partial charge in [-0.2, -0.15) is 0 Å². The van der Waals surface area contributed by atoms with Gasteiger partial charge < -0.3 is 11.1 Å². The molecule has 0 saturated carbocycles. The molecule has 1 amide bonds. The molecule has 1 rings (SSSR count). The lowest BCUT2D eigenvalue weighted by atomic mass is 10.1. The van der Waals surface area contributed by atoms with E-state index in [-0.39, 0.29) is 26.1 Å². The number of nitrogens with one attached hydrogen (secondary N) is 1. The number of benzene rings is 1. The Bertz CT molecular complexity index is 359. The normalized spacial score (nSPS) is 9.50. The standard InChI is InChI=1S/C9H9FN2OS.2H2/c10-7-3-1-6(2-4-7)5-8(13)12-9(11)14;;/h1-4H,5H2,(H3,11,12,13,14);2*1H. The summed E-state index contributed by atoms with van der Waals surface area (Å²) in [6, 6.07) is 5.66. The molecule has 0 aliphatic rings. The molecule has 0 aliphatic heterocycles. The number of halogens is 1. The maximum absolute atomic E-state index is 12.5. The molecule has 0 radical (unpaired) electrons. The van der Waals surface area contributed by atoms with Gasteiger partial charge in [0.1, 0.15) is 5.82 Å². The predicted molar refractivity (Wildman–Crippen MR) is 59.3 cm³/mol. The minimum Gasteiger partial charge on any atom is -0.376 e. The molecule has 0 spiro atoms. The van der Waals surface area contributed by atoms with Gasteiger partial charge in [0.05, 0.1) is 6.42 Å². The van der Waals surface area contributed by atoms with Crippen LogP contribution in [0.15, 0.2) is 24.3 Å². The van der Waals surface area contributed by atoms with Crippen LogP contribution in [0.3, 0.4) is 0 Å². The van der Waals surface area contributed by atoms with E-state index in [1.54, 1.807) is 0 Å². The Hall–Kier alpha value is -1.49. The Balaban J connectivity index is 0. The molecule has 14 heavy (non-hydrogen) atoms. The van der Waals surface area contributed by atoms with Crippen molar-refractivity contribution < 1.29 is 12.0 Å². The van der Waals surface area contributed by atoms with E-state index in [0.717, 1.165) is 0 Å². The highest BCUT2D eigenvalue weighted by molar-refractivity contribution is 7.80. The summed E-state index contributed by atoms with van der Waals surface area (Å²) >= 11 is 4.49. The third-order valence-electron chi connectivity index (χ3n) is 1.54. The summed E-state index contributed by atoms with van der Waals surface area (Å²) in [6.07, 6.45) is 0.137. The molecule has 0 bridgehead atoms. The highest BCUT2D eigenvalue weighted by Crippen LogP contribution is 2.03. The first-order chi connectivity index (χ1) is 6.58. The molecule has 0 atom stereocenters. The summed E-state index contributed by atoms with van der Waals surface area (Å²) in [5, 5.41) is 2.22. The molecule has 0 unspecified atom stereocenters. The number of amides is 1. The van der Waals surface area contributed by atoms with Crippen molar-refractivity contribution in [1.82, 2.24) is 5.32 Å². The molecule has 3 N–H and O–H groups in total. The summed E-state index contributed by atoms with van der Waals surface area (Å²) in [5.74, 6) is -0.632. The Morgan fingerprint density at radius 2 is 2.07 bits per heavy atom. The largest absolute Gasteiger partial charge is 0.376 e. The summed E-state index contributed by atoms with van der Waals surface area (Å²) in [5.41, 5.74) is 5.82. The van der Waals surface area contributed by atoms with Gasteiger partial charge in [0.15, 0.2) is 5.11 Å². The first-order valence-corrected chi connectivity index (χ1v) is 4.32. The lowest BCUT2D eigenvalue weighted by molar-refractivity contribution is -0.119. The van der Waals surface area contributed by atoms with Crippen LogP contribution in [0.25, 0.3) is 0 Å². The molecule has 1 aromatic carbocycles. The van der Waals surface area contributed by atoms with Crippen molar-refractivity contribution in [2.45, 2.75) is 6.42 Å². The highest BCUT2D eigenvalue weighted by Gasteiger charge is 2.03. The monoisotopic (exact) mass is 216 g/mol. The van der Waals surface area contributed by atoms with E-state index in [0.29, 0.717) is 5.56 Å². The number of carbonyl (C=O) groups is 1. The number of thiocarbonyl (C=S) groups is 1. The van der Waals surface area contributed by atoms with Crippen molar-refractivity contribution in [2.75, 3.05) is 0 Å². The zero-order valence-corrected chi connectivity index (χ0v) is 8.10. The van der Waals surface area contributed by atoms with E-state index in [1.165, 1.54) is 24.3 Å². The topological polar surface area (TPSA) is 55.1 Å². The fourth-order valence-corrected chi connectivity index (χ4v) is 1.08. The lowest BCUT2D eigenvalue weighted by Crippen LogP contribution is -2.35. The van der Waals surface area contributed by atoms with Gasteiger partial charge >= 0.3 is 0 Å². The van der Waals surface area contributed by atoms with Crippen LogP contribution in [0, 0.1) is 5.82 Å². The first-order valence-electron chi connectivity index (χ1n) is 3.91. The van der Waals surface area contributed by atoms with Crippen LogP contribution < -0.4 is 11.1 Å². The van der Waals surface area contributed by atoms with Crippen molar-refractivity contribution >= 4 is 23.2 Å². The molecule has 0 saturated heterocycles. The lowest BCUT2D eigenvalue weighted by Gasteiger charge is -2.02. The second-order valence-corrected chi connectivity index (χ2v) is 3.16. The molecule has 0 heterocycles. The second kappa shape index (κ2) is 4.66. The quantitative estimate of drug-likeness (QED) is 0.731. The molecule has 0 aromatic heterocycles. The Kier molecular flexibility index (Phi) is 3.53. The van der Waals surface area contributed by atoms with Crippen molar-refractivity contribution in [3.8, 4) is 0 Å². The van der Waals surface area contributed by atoms with Gasteiger partial charge in [-0.1, -0.05) is 12.1 Å². The molecule has 0 fully saturated rings. The van der Waals surface area contributed by atoms with Crippen molar-refractivity contribution in [2.24, 2.45) is 5.73 Å². The fraction of sp³-hybridized carbons (Fsp3) is 0.111. The molecule has 0 aliphatic carbocycles. The Labute approximate surface area is 89.1 Å². The van der Waals surface area contributed by atoms with E-state index in [4.69, 9.17) is 5.73 Å². The van der Waals surface area contributed by atoms with E-state index in [1.807, 2.05) is 0 Å². The van der Waals surface area contributed by atoms with Gasteiger partial charge in [0, 0.05) is 2.85 Å². The van der Waals surface area contributed by atoms with Crippen LogP contribution in [0.1, 0.15) is 8.42 Å². The summed E-state index contributed by atoms with van der Waals surface area (Å²) in [4.78, 5) is 11.1. The van der Waals surface area contributed by atoms with Gasteiger partial charge in [-0.15, -0.1) is 0 Å². The molecule has 5 heteroatoms. The summed E-state index contributed by atoms with van der Waals surface area (Å²) in [6.45, 7) is 0. The van der Waals surface area contributed by atoms with Crippen LogP contribution in [-0.2, 0) is 11.2 Å². The molecule has 1 aromatic rings. The van der Waals surface area contributed by atoms with Crippen molar-refractivity contribution in [1.29, 1.82) is 0 Å². The van der Waals surface area contributed by atoms with Gasteiger partial charge in [-0.3, -0.25) is 4.79 Å². The Morgan fingerprint density at radius 3 is 2.57 bits per heavy atom. The average molecular weight is 216 g/mol. The minimum absolute atomic E-state index is 0. The van der Waals surface area contributed by atoms with Crippen LogP contribution >= 0.6 is 12.2 Å². The predicted octanol–water partition coefficient (Wildman–Crippen LogP) is 1.22. The number of hydrogen-bond acceptors (Lipinski definition) is 2. The number of rotatable bonds is 2. The van der Waals surface area contributed by atoms with Gasteiger partial charge in [-0.25, -0.2) is 4.39 Å². The second-order valence-electron chi connectivity index (χ2n) is 2.72. The number of hydrogen-bond donors (Lipinski definition) is 2. The summed E-state index contributed by atoms with van der Waals surface area (Å²) in [7, 11) is 0. The average Bonchev–Trinajstić information content (AvgIpc) is 2.07. The third-order valence-corrected chi connectivity index (χ3v) is 1.64. The van der Waals surface area contributed by atoms with Gasteiger partial charge in [-0.05, 0) is 29.9 Å². The third kappa shape index (κ3) is 3.49. The SMILES string of the molecule is NC(=S)NC(=O)Cc1ccc(F)cc1.[HH].[HH]. The summed E-state index contributed by atoms with van der Waals surface area (Å²) < 4.78 is 12.5. The molecule has 3 nitrogen and oxygen atoms in total. The molecular weight excluding hydrogens is 203 g/mol. The van der Waals surface area contributed by atoms with Crippen LogP contribution in [0.4, 0.5) is 4.39 Å². The zero-order valence-electron chi connectivity index (χ0n) is 7.29. The van der Waals surface area contributed by atoms with E-state index >= 15 is 0 Å². The maximum Gasteiger partial charge on any atom is 0.230 e. The van der Waals surface area contributed by atoms with E-state index in [9.17, 15) is 9.18 Å². The number of nitrogens with two attached hydrogens (primary N) is 1. The van der Waals surface area contributed by atoms with Crippen molar-refractivity contribution in [3.05, 3.63) is 35.6 Å². The van der Waals surface area contributed by atoms with Gasteiger partial charge in [0.2, 0.25) is 5.91 Å². The van der Waals surface area contributed by atoms with Crippen LogP contribution in [0.5, 0.6) is 0 Å². The van der Waals surface area contributed by atoms with E-state index < -0.39 is 0 Å². The highest BCUT2D eigenvalue weighted by atomic mass is 32.1. The smallest absolute Gasteiger partial charge is 0.230 e. The van der Waals surface area contributed by atoms with Crippen LogP contribution in [-0.4, -0.2) is 11.0 Å². The first kappa shape index (κ1) is 10.6. The number of carbonyl (C=O) groups excluding carboxylic acids is 1. The maximum atomic E-state index is 12.5. The zero-order chi connectivity index (χ0) is 10.6. The van der Waals surface area contributed by atoms with Crippen molar-refractivity contribution in [3.63, 3.8) is 0 Å².